The van der Waals surface area contributed by atoms with Crippen LogP contribution in [0.1, 0.15) is 76.5 Å². The van der Waals surface area contributed by atoms with Gasteiger partial charge < -0.3 is 52.1 Å². The fraction of sp³-hybridized carbons (Fsp3) is 0.274. The largest absolute Gasteiger partial charge is 0.467 e. The Morgan fingerprint density at radius 3 is 1.43 bits per heavy atom. The Morgan fingerprint density at radius 1 is 0.533 bits per heavy atom. The summed E-state index contributed by atoms with van der Waals surface area (Å²) in [5.74, 6) is -5.82. The molecule has 10 rings (SSSR count). The van der Waals surface area contributed by atoms with E-state index in [-0.39, 0.29) is 55.3 Å². The Kier molecular flexibility index (Phi) is 23.2. The molecule has 0 N–H and O–H groups in total. The van der Waals surface area contributed by atoms with Crippen LogP contribution in [0.2, 0.25) is 0 Å². The van der Waals surface area contributed by atoms with Crippen LogP contribution in [0.4, 0.5) is 0 Å². The first kappa shape index (κ1) is 65.1. The second-order valence-corrected chi connectivity index (χ2v) is 22.0. The normalized spacial score (nSPS) is 21.6. The zero-order chi connectivity index (χ0) is 63.9. The van der Waals surface area contributed by atoms with Crippen molar-refractivity contribution >= 4 is 29.8 Å². The zero-order valence-corrected chi connectivity index (χ0v) is 50.4. The number of nitrogens with zero attached hydrogens (tertiary/aromatic N) is 3. The lowest BCUT2D eigenvalue weighted by molar-refractivity contribution is -0.321. The lowest BCUT2D eigenvalue weighted by Gasteiger charge is -2.52. The topological polar surface area (TPSA) is 236 Å². The predicted octanol–water partition coefficient (Wildman–Crippen LogP) is 12.2. The summed E-state index contributed by atoms with van der Waals surface area (Å²) >= 11 is 0. The smallest absolute Gasteiger partial charge is 0.338 e. The fourth-order valence-electron chi connectivity index (χ4n) is 11.3. The van der Waals surface area contributed by atoms with Gasteiger partial charge >= 0.3 is 29.8 Å². The van der Waals surface area contributed by atoms with Crippen molar-refractivity contribution in [2.45, 2.75) is 99.9 Å². The number of carbonyl (C=O) groups excluding carboxylic acids is 5. The van der Waals surface area contributed by atoms with Crippen molar-refractivity contribution < 1.29 is 76.1 Å². The molecule has 0 aliphatic carbocycles. The Balaban J connectivity index is 1.16. The van der Waals surface area contributed by atoms with Crippen LogP contribution in [0.15, 0.2) is 248 Å². The molecule has 0 aromatic heterocycles. The first-order chi connectivity index (χ1) is 45.1. The number of ether oxygens (including phenoxy) is 11. The number of rotatable bonds is 28. The van der Waals surface area contributed by atoms with Gasteiger partial charge in [0.15, 0.2) is 24.1 Å². The lowest BCUT2D eigenvalue weighted by atomic mass is 9.74. The second-order valence-electron chi connectivity index (χ2n) is 22.0. The average Bonchev–Trinajstić information content (AvgIpc) is 0.755. The molecule has 8 aromatic carbocycles. The van der Waals surface area contributed by atoms with Crippen molar-refractivity contribution in [3.8, 4) is 0 Å². The van der Waals surface area contributed by atoms with Gasteiger partial charge in [0, 0.05) is 17.3 Å². The van der Waals surface area contributed by atoms with Crippen LogP contribution in [-0.4, -0.2) is 111 Å². The van der Waals surface area contributed by atoms with Crippen molar-refractivity contribution in [1.29, 1.82) is 0 Å². The van der Waals surface area contributed by atoms with Crippen molar-refractivity contribution in [3.63, 3.8) is 0 Å². The number of esters is 5. The molecule has 8 aromatic rings. The molecule has 2 aliphatic rings. The van der Waals surface area contributed by atoms with Crippen LogP contribution in [0.25, 0.3) is 10.4 Å². The minimum atomic E-state index is -2.38. The highest BCUT2D eigenvalue weighted by Gasteiger charge is 2.61. The van der Waals surface area contributed by atoms with Gasteiger partial charge in [-0.1, -0.05) is 199 Å². The van der Waals surface area contributed by atoms with E-state index >= 15 is 4.79 Å². The zero-order valence-electron chi connectivity index (χ0n) is 50.4. The number of methoxy groups -OCH3 is 1. The van der Waals surface area contributed by atoms with Gasteiger partial charge in [-0.15, -0.1) is 0 Å². The van der Waals surface area contributed by atoms with Gasteiger partial charge in [0.25, 0.3) is 0 Å². The minimum absolute atomic E-state index is 0.00417. The van der Waals surface area contributed by atoms with E-state index in [2.05, 4.69) is 10.0 Å². The van der Waals surface area contributed by atoms with Crippen LogP contribution in [0.3, 0.4) is 0 Å². The maximum absolute atomic E-state index is 15.8. The third-order valence-corrected chi connectivity index (χ3v) is 15.8. The van der Waals surface area contributed by atoms with Crippen LogP contribution in [0, 0.1) is 5.92 Å². The molecule has 2 saturated heterocycles. The van der Waals surface area contributed by atoms with E-state index in [9.17, 15) is 24.7 Å². The molecule has 2 fully saturated rings. The molecule has 0 amide bonds. The highest BCUT2D eigenvalue weighted by Crippen LogP contribution is 2.46. The van der Waals surface area contributed by atoms with E-state index < -0.39 is 116 Å². The van der Waals surface area contributed by atoms with Gasteiger partial charge in [-0.2, -0.15) is 0 Å². The molecular weight excluding hydrogens is 1170 g/mol. The number of carbonyl (C=O) groups is 5. The first-order valence-corrected chi connectivity index (χ1v) is 30.1. The Hall–Kier alpha value is -9.82. The summed E-state index contributed by atoms with van der Waals surface area (Å²) in [6.45, 7) is -0.686. The van der Waals surface area contributed by atoms with Crippen molar-refractivity contribution in [3.05, 3.63) is 298 Å². The minimum Gasteiger partial charge on any atom is -0.467 e. The fourth-order valence-corrected chi connectivity index (χ4v) is 11.3. The number of hydrogen-bond acceptors (Lipinski definition) is 17. The molecule has 2 heterocycles. The highest BCUT2D eigenvalue weighted by atomic mass is 16.7. The van der Waals surface area contributed by atoms with Crippen LogP contribution >= 0.6 is 0 Å². The lowest BCUT2D eigenvalue weighted by Crippen LogP contribution is -2.67. The van der Waals surface area contributed by atoms with E-state index in [0.717, 1.165) is 29.4 Å². The standard InChI is InChI=1S/C73H69N3O16/c1-82-72(81)73(42-58-63(84-45-51-28-12-3-13-29-51)60(48-83-44-50-26-10-2-11-27-50)90-71(87-47-53-32-16-5-17-33-53)64(58)85-46-52-30-14-4-15-31-52)43-59(88-68(78)55-36-20-7-21-37-55)62(75-76-74)66(92-73)65(91-70(80)57-40-24-9-25-41-57)61(89-69(79)56-38-22-8-23-39-56)49-86-67(77)54-34-18-6-19-35-54/h2-41,58-66,71H,42-49H2,1H3/t58-,59-,60+,61+,62+,63+,64+,65+,66+,71+,73+/m0/s1. The summed E-state index contributed by atoms with van der Waals surface area (Å²) in [5, 5.41) is 4.23. The van der Waals surface area contributed by atoms with Crippen molar-refractivity contribution in [1.82, 2.24) is 0 Å². The third kappa shape index (κ3) is 17.4. The van der Waals surface area contributed by atoms with E-state index in [1.807, 2.05) is 121 Å². The quantitative estimate of drug-likeness (QED) is 0.0146. The molecule has 0 radical (unpaired) electrons. The van der Waals surface area contributed by atoms with Gasteiger partial charge in [-0.3, -0.25) is 0 Å². The third-order valence-electron chi connectivity index (χ3n) is 15.8. The Morgan fingerprint density at radius 2 is 0.957 bits per heavy atom. The summed E-state index contributed by atoms with van der Waals surface area (Å²) in [4.78, 5) is 77.2. The van der Waals surface area contributed by atoms with Gasteiger partial charge in [0.05, 0.1) is 68.5 Å². The van der Waals surface area contributed by atoms with Crippen molar-refractivity contribution in [2.24, 2.45) is 11.0 Å². The number of benzene rings is 8. The number of azide groups is 1. The molecule has 19 heteroatoms. The second kappa shape index (κ2) is 32.8. The maximum Gasteiger partial charge on any atom is 0.338 e. The monoisotopic (exact) mass is 1240 g/mol. The van der Waals surface area contributed by atoms with Crippen LogP contribution in [-0.2, 0) is 83.3 Å². The summed E-state index contributed by atoms with van der Waals surface area (Å²) < 4.78 is 73.0. The number of hydrogen-bond donors (Lipinski definition) is 0. The molecule has 0 spiro atoms. The summed E-state index contributed by atoms with van der Waals surface area (Å²) in [6, 6.07) is 67.8. The molecule has 19 nitrogen and oxygen atoms in total. The summed E-state index contributed by atoms with van der Waals surface area (Å²) in [7, 11) is 1.15. The van der Waals surface area contributed by atoms with E-state index in [1.54, 1.807) is 72.8 Å². The molecular formula is C73H69N3O16. The van der Waals surface area contributed by atoms with Crippen molar-refractivity contribution in [2.75, 3.05) is 20.3 Å². The Labute approximate surface area is 532 Å². The van der Waals surface area contributed by atoms with Gasteiger partial charge in [0.2, 0.25) is 0 Å². The SMILES string of the molecule is COC(=O)[C@@]1(C[C@H]2[C@@H](OCc3ccccc3)[C@@H](COCc3ccccc3)O[C@@H](OCc3ccccc3)[C@@H]2OCc2ccccc2)C[C@H](OC(=O)c2ccccc2)[C@@H](N=[N+]=[N-])[C@H]([C@H](OC(=O)c2ccccc2)[C@@H](COC(=O)c2ccccc2)OC(=O)c2ccccc2)O1. The molecule has 0 unspecified atom stereocenters. The van der Waals surface area contributed by atoms with Gasteiger partial charge in [-0.25, -0.2) is 24.0 Å². The molecule has 11 atom stereocenters. The molecule has 0 saturated carbocycles. The summed E-state index contributed by atoms with van der Waals surface area (Å²) in [6.07, 6.45) is -12.9. The van der Waals surface area contributed by atoms with E-state index in [0.29, 0.717) is 0 Å². The van der Waals surface area contributed by atoms with Gasteiger partial charge in [-0.05, 0) is 82.7 Å². The van der Waals surface area contributed by atoms with Crippen LogP contribution in [0.5, 0.6) is 0 Å². The average molecular weight is 1240 g/mol. The summed E-state index contributed by atoms with van der Waals surface area (Å²) in [5.41, 5.74) is 11.8. The molecule has 92 heavy (non-hydrogen) atoms. The first-order valence-electron chi connectivity index (χ1n) is 30.1. The molecule has 472 valence electrons. The molecule has 2 aliphatic heterocycles. The van der Waals surface area contributed by atoms with E-state index in [4.69, 9.17) is 52.1 Å². The highest BCUT2D eigenvalue weighted by molar-refractivity contribution is 5.91. The predicted molar refractivity (Wildman–Crippen MR) is 335 cm³/mol. The van der Waals surface area contributed by atoms with Gasteiger partial charge in [0.1, 0.15) is 37.1 Å². The molecule has 0 bridgehead atoms. The van der Waals surface area contributed by atoms with Crippen LogP contribution < -0.4 is 0 Å². The maximum atomic E-state index is 15.8. The Bertz CT molecular complexity index is 3670. The van der Waals surface area contributed by atoms with E-state index in [1.165, 1.54) is 48.5 Å².